The van der Waals surface area contributed by atoms with Crippen LogP contribution < -0.4 is 11.4 Å². The van der Waals surface area contributed by atoms with E-state index < -0.39 is 36.6 Å². The van der Waals surface area contributed by atoms with Crippen molar-refractivity contribution < 1.29 is 14.9 Å². The SMILES string of the molecule is C=P(C)(C)CC[C@H]1O[C@@H](n2ccc(N)nc2=O)[C@@](C)(O)[C@@H]1O. The average molecular weight is 329 g/mol. The Balaban J connectivity index is 2.26. The van der Waals surface area contributed by atoms with Crippen molar-refractivity contribution in [3.05, 3.63) is 22.7 Å². The normalized spacial score (nSPS) is 32.3. The van der Waals surface area contributed by atoms with Crippen LogP contribution in [0.3, 0.4) is 0 Å². The van der Waals surface area contributed by atoms with Crippen LogP contribution in [-0.4, -0.2) is 63.4 Å². The summed E-state index contributed by atoms with van der Waals surface area (Å²) in [5.41, 5.74) is 3.25. The van der Waals surface area contributed by atoms with Gasteiger partial charge in [-0.2, -0.15) is 4.98 Å². The molecule has 0 amide bonds. The molecule has 1 fully saturated rings. The third kappa shape index (κ3) is 3.43. The van der Waals surface area contributed by atoms with E-state index in [-0.39, 0.29) is 5.82 Å². The van der Waals surface area contributed by atoms with Crippen molar-refractivity contribution in [2.45, 2.75) is 37.4 Å². The number of nitrogen functional groups attached to an aromatic ring is 1. The zero-order valence-electron chi connectivity index (χ0n) is 13.1. The molecule has 1 aromatic heterocycles. The zero-order valence-corrected chi connectivity index (χ0v) is 14.0. The summed E-state index contributed by atoms with van der Waals surface area (Å²) in [6.07, 6.45) is 4.30. The van der Waals surface area contributed by atoms with Crippen molar-refractivity contribution in [1.29, 1.82) is 0 Å². The summed E-state index contributed by atoms with van der Waals surface area (Å²) in [4.78, 5) is 15.6. The van der Waals surface area contributed by atoms with Crippen LogP contribution in [0.5, 0.6) is 0 Å². The van der Waals surface area contributed by atoms with E-state index in [0.717, 1.165) is 10.7 Å². The molecule has 2 heterocycles. The van der Waals surface area contributed by atoms with E-state index in [1.54, 1.807) is 0 Å². The van der Waals surface area contributed by atoms with Gasteiger partial charge in [-0.15, -0.1) is 13.2 Å². The van der Waals surface area contributed by atoms with Crippen LogP contribution in [0, 0.1) is 0 Å². The number of hydrogen-bond acceptors (Lipinski definition) is 6. The fraction of sp³-hybridized carbons (Fsp3) is 0.643. The van der Waals surface area contributed by atoms with Gasteiger partial charge in [-0.05, 0) is 38.9 Å². The fourth-order valence-corrected chi connectivity index (χ4v) is 3.51. The van der Waals surface area contributed by atoms with Crippen LogP contribution in [0.2, 0.25) is 0 Å². The summed E-state index contributed by atoms with van der Waals surface area (Å²) < 4.78 is 6.92. The molecule has 1 aromatic rings. The predicted octanol–water partition coefficient (Wildman–Crippen LogP) is -0.0659. The van der Waals surface area contributed by atoms with Crippen LogP contribution in [0.1, 0.15) is 19.6 Å². The molecule has 7 nitrogen and oxygen atoms in total. The molecule has 0 bridgehead atoms. The van der Waals surface area contributed by atoms with Crippen molar-refractivity contribution >= 4 is 19.0 Å². The molecule has 0 spiro atoms. The van der Waals surface area contributed by atoms with Gasteiger partial charge in [0, 0.05) is 6.20 Å². The monoisotopic (exact) mass is 329 g/mol. The maximum Gasteiger partial charge on any atom is 0.351 e. The fourth-order valence-electron chi connectivity index (χ4n) is 2.55. The standard InChI is InChI=1S/C14H24N3O4P/c1-14(20)11(18)9(6-8-22(2,3)4)21-12(14)17-7-5-10(15)16-13(17)19/h5,7,9,11-12,18,20H,2,6,8H2,1,3-4H3,(H2,15,16,19)/t9-,11-,12-,14+/m1/s1. The third-order valence-electron chi connectivity index (χ3n) is 3.88. The van der Waals surface area contributed by atoms with Gasteiger partial charge in [-0.3, -0.25) is 4.57 Å². The second-order valence-corrected chi connectivity index (χ2v) is 11.0. The van der Waals surface area contributed by atoms with E-state index in [9.17, 15) is 15.0 Å². The Morgan fingerprint density at radius 3 is 2.77 bits per heavy atom. The number of nitrogens with two attached hydrogens (primary N) is 1. The van der Waals surface area contributed by atoms with E-state index in [4.69, 9.17) is 10.5 Å². The lowest BCUT2D eigenvalue weighted by Crippen LogP contribution is -2.45. The first kappa shape index (κ1) is 17.2. The first-order valence-corrected chi connectivity index (χ1v) is 10.2. The van der Waals surface area contributed by atoms with Gasteiger partial charge < -0.3 is 20.7 Å². The molecule has 0 saturated carbocycles. The Kier molecular flexibility index (Phi) is 4.55. The number of hydrogen-bond donors (Lipinski definition) is 3. The Labute approximate surface area is 129 Å². The summed E-state index contributed by atoms with van der Waals surface area (Å²) in [6.45, 7) is 4.38. The van der Waals surface area contributed by atoms with Gasteiger partial charge in [0.2, 0.25) is 0 Å². The number of aromatic nitrogens is 2. The zero-order chi connectivity index (χ0) is 16.7. The molecule has 0 aliphatic carbocycles. The van der Waals surface area contributed by atoms with Crippen molar-refractivity contribution in [3.63, 3.8) is 0 Å². The lowest BCUT2D eigenvalue weighted by atomic mass is 9.95. The van der Waals surface area contributed by atoms with Crippen LogP contribution in [0.4, 0.5) is 5.82 Å². The smallest absolute Gasteiger partial charge is 0.351 e. The number of anilines is 1. The lowest BCUT2D eigenvalue weighted by molar-refractivity contribution is -0.0974. The van der Waals surface area contributed by atoms with Crippen LogP contribution in [0.15, 0.2) is 17.1 Å². The Morgan fingerprint density at radius 2 is 2.23 bits per heavy atom. The molecule has 1 aliphatic heterocycles. The highest BCUT2D eigenvalue weighted by Gasteiger charge is 2.53. The van der Waals surface area contributed by atoms with Crippen molar-refractivity contribution in [2.75, 3.05) is 25.2 Å². The number of aliphatic hydroxyl groups excluding tert-OH is 1. The van der Waals surface area contributed by atoms with E-state index >= 15 is 0 Å². The van der Waals surface area contributed by atoms with E-state index in [1.807, 2.05) is 0 Å². The van der Waals surface area contributed by atoms with Gasteiger partial charge in [0.25, 0.3) is 0 Å². The molecule has 124 valence electrons. The summed E-state index contributed by atoms with van der Waals surface area (Å²) in [5, 5.41) is 20.9. The molecule has 1 saturated heterocycles. The van der Waals surface area contributed by atoms with Gasteiger partial charge in [0.1, 0.15) is 17.5 Å². The van der Waals surface area contributed by atoms with Gasteiger partial charge in [-0.1, -0.05) is 0 Å². The first-order valence-electron chi connectivity index (χ1n) is 7.10. The first-order chi connectivity index (χ1) is 10.0. The summed E-state index contributed by atoms with van der Waals surface area (Å²) in [5.74, 6) is 0.0968. The minimum absolute atomic E-state index is 0.0968. The van der Waals surface area contributed by atoms with Gasteiger partial charge in [-0.25, -0.2) is 4.79 Å². The van der Waals surface area contributed by atoms with Crippen LogP contribution in [-0.2, 0) is 4.74 Å². The quantitative estimate of drug-likeness (QED) is 0.667. The molecule has 0 unspecified atom stereocenters. The second kappa shape index (κ2) is 5.81. The topological polar surface area (TPSA) is 111 Å². The summed E-state index contributed by atoms with van der Waals surface area (Å²) in [6, 6.07) is 1.45. The molecular formula is C14H24N3O4P. The van der Waals surface area contributed by atoms with Gasteiger partial charge in [0.05, 0.1) is 6.10 Å². The molecule has 4 atom stereocenters. The largest absolute Gasteiger partial charge is 0.387 e. The maximum absolute atomic E-state index is 11.9. The molecule has 22 heavy (non-hydrogen) atoms. The van der Waals surface area contributed by atoms with Crippen LogP contribution in [0.25, 0.3) is 0 Å². The average Bonchev–Trinajstić information content (AvgIpc) is 2.59. The molecule has 2 rings (SSSR count). The predicted molar refractivity (Wildman–Crippen MR) is 88.8 cm³/mol. The highest BCUT2D eigenvalue weighted by Crippen LogP contribution is 2.42. The minimum Gasteiger partial charge on any atom is -0.387 e. The lowest BCUT2D eigenvalue weighted by Gasteiger charge is -2.27. The van der Waals surface area contributed by atoms with Gasteiger partial charge in [0.15, 0.2) is 6.23 Å². The molecule has 0 aromatic carbocycles. The van der Waals surface area contributed by atoms with E-state index in [1.165, 1.54) is 19.2 Å². The Bertz CT molecular complexity index is 652. The van der Waals surface area contributed by atoms with Crippen molar-refractivity contribution in [1.82, 2.24) is 9.55 Å². The molecule has 4 N–H and O–H groups in total. The third-order valence-corrected chi connectivity index (χ3v) is 5.35. The maximum atomic E-state index is 11.9. The molecule has 1 aliphatic rings. The van der Waals surface area contributed by atoms with E-state index in [0.29, 0.717) is 6.42 Å². The number of ether oxygens (including phenoxy) is 1. The van der Waals surface area contributed by atoms with Crippen molar-refractivity contribution in [3.8, 4) is 0 Å². The Morgan fingerprint density at radius 1 is 1.59 bits per heavy atom. The summed E-state index contributed by atoms with van der Waals surface area (Å²) in [7, 11) is 0. The van der Waals surface area contributed by atoms with E-state index in [2.05, 4.69) is 24.6 Å². The van der Waals surface area contributed by atoms with Gasteiger partial charge >= 0.3 is 5.69 Å². The van der Waals surface area contributed by atoms with Crippen molar-refractivity contribution in [2.24, 2.45) is 0 Å². The van der Waals surface area contributed by atoms with Crippen LogP contribution >= 0.6 is 6.89 Å². The highest BCUT2D eigenvalue weighted by molar-refractivity contribution is 7.72. The number of aliphatic hydroxyl groups is 2. The minimum atomic E-state index is -1.59. The molecular weight excluding hydrogens is 305 g/mol. The molecule has 0 radical (unpaired) electrons. The number of nitrogens with zero attached hydrogens (tertiary/aromatic N) is 2. The number of rotatable bonds is 4. The molecule has 8 heteroatoms. The highest BCUT2D eigenvalue weighted by atomic mass is 31.2. The Hall–Kier alpha value is -1.14. The summed E-state index contributed by atoms with van der Waals surface area (Å²) >= 11 is 0. The second-order valence-electron chi connectivity index (χ2n) is 6.69.